The van der Waals surface area contributed by atoms with Crippen LogP contribution >= 0.6 is 11.8 Å². The average Bonchev–Trinajstić information content (AvgIpc) is 2.24. The quantitative estimate of drug-likeness (QED) is 0.795. The molecule has 16 heavy (non-hydrogen) atoms. The highest BCUT2D eigenvalue weighted by molar-refractivity contribution is 7.99. The maximum Gasteiger partial charge on any atom is 0.283 e. The predicted molar refractivity (Wildman–Crippen MR) is 65.8 cm³/mol. The lowest BCUT2D eigenvalue weighted by molar-refractivity contribution is 0.196. The van der Waals surface area contributed by atoms with Gasteiger partial charge in [0.05, 0.1) is 6.10 Å². The number of aryl methyl sites for hydroxylation is 1. The molecule has 1 heterocycles. The van der Waals surface area contributed by atoms with E-state index >= 15 is 0 Å². The summed E-state index contributed by atoms with van der Waals surface area (Å²) < 4.78 is 1.66. The van der Waals surface area contributed by atoms with Crippen LogP contribution in [0.3, 0.4) is 0 Å². The molecule has 0 radical (unpaired) electrons. The summed E-state index contributed by atoms with van der Waals surface area (Å²) in [6.07, 6.45) is 3.79. The highest BCUT2D eigenvalue weighted by atomic mass is 32.2. The number of hydrogen-bond donors (Lipinski definition) is 1. The zero-order valence-corrected chi connectivity index (χ0v) is 10.7. The minimum atomic E-state index is -0.453. The van der Waals surface area contributed by atoms with Gasteiger partial charge in [0.2, 0.25) is 0 Å². The lowest BCUT2D eigenvalue weighted by atomic mass is 10.3. The Morgan fingerprint density at radius 2 is 2.25 bits per heavy atom. The van der Waals surface area contributed by atoms with Crippen LogP contribution in [-0.4, -0.2) is 26.0 Å². The summed E-state index contributed by atoms with van der Waals surface area (Å²) in [5.74, 6) is 0. The molecule has 0 aliphatic rings. The molecule has 4 nitrogen and oxygen atoms in total. The first-order chi connectivity index (χ1) is 7.56. The molecule has 0 aliphatic heterocycles. The van der Waals surface area contributed by atoms with Crippen LogP contribution in [0.1, 0.15) is 27.2 Å². The molecule has 1 aromatic heterocycles. The second-order valence-electron chi connectivity index (χ2n) is 3.79. The van der Waals surface area contributed by atoms with Crippen molar-refractivity contribution in [3.8, 4) is 0 Å². The van der Waals surface area contributed by atoms with E-state index in [-0.39, 0.29) is 10.8 Å². The van der Waals surface area contributed by atoms with Gasteiger partial charge in [0.15, 0.2) is 5.03 Å². The standard InChI is InChI=1S/C11H18N2O2S/c1-4-6-13-7-5-12-10(11(13)15)16-9(3)8(2)14/h5,7-9,14H,4,6H2,1-3H3. The van der Waals surface area contributed by atoms with E-state index in [0.29, 0.717) is 11.6 Å². The maximum absolute atomic E-state index is 11.9. The third-order valence-electron chi connectivity index (χ3n) is 2.32. The first-order valence-corrected chi connectivity index (χ1v) is 6.34. The molecule has 0 saturated carbocycles. The Balaban J connectivity index is 2.89. The molecule has 0 bridgehead atoms. The third kappa shape index (κ3) is 3.35. The number of aromatic nitrogens is 2. The number of rotatable bonds is 5. The van der Waals surface area contributed by atoms with E-state index in [9.17, 15) is 9.90 Å². The summed E-state index contributed by atoms with van der Waals surface area (Å²) in [6.45, 7) is 6.33. The summed E-state index contributed by atoms with van der Waals surface area (Å²) in [4.78, 5) is 16.0. The monoisotopic (exact) mass is 242 g/mol. The molecular formula is C11H18N2O2S. The topological polar surface area (TPSA) is 55.1 Å². The summed E-state index contributed by atoms with van der Waals surface area (Å²) >= 11 is 1.32. The summed E-state index contributed by atoms with van der Waals surface area (Å²) in [7, 11) is 0. The smallest absolute Gasteiger partial charge is 0.283 e. The fraction of sp³-hybridized carbons (Fsp3) is 0.636. The van der Waals surface area contributed by atoms with Crippen molar-refractivity contribution in [3.63, 3.8) is 0 Å². The van der Waals surface area contributed by atoms with Gasteiger partial charge in [0.1, 0.15) is 0 Å². The Labute approximate surface area is 99.7 Å². The van der Waals surface area contributed by atoms with E-state index < -0.39 is 6.10 Å². The Bertz CT molecular complexity index is 390. The van der Waals surface area contributed by atoms with Crippen molar-refractivity contribution in [2.45, 2.75) is 50.1 Å². The van der Waals surface area contributed by atoms with E-state index in [0.717, 1.165) is 6.42 Å². The molecule has 0 fully saturated rings. The van der Waals surface area contributed by atoms with E-state index in [2.05, 4.69) is 4.98 Å². The number of aliphatic hydroxyl groups is 1. The van der Waals surface area contributed by atoms with Crippen molar-refractivity contribution in [2.75, 3.05) is 0 Å². The molecule has 0 aliphatic carbocycles. The van der Waals surface area contributed by atoms with Crippen LogP contribution in [0.2, 0.25) is 0 Å². The van der Waals surface area contributed by atoms with E-state index in [1.54, 1.807) is 23.9 Å². The van der Waals surface area contributed by atoms with Gasteiger partial charge < -0.3 is 9.67 Å². The summed E-state index contributed by atoms with van der Waals surface area (Å²) in [5.41, 5.74) is -0.0677. The van der Waals surface area contributed by atoms with E-state index in [1.807, 2.05) is 13.8 Å². The minimum Gasteiger partial charge on any atom is -0.392 e. The summed E-state index contributed by atoms with van der Waals surface area (Å²) in [6, 6.07) is 0. The molecule has 0 spiro atoms. The first-order valence-electron chi connectivity index (χ1n) is 5.46. The zero-order valence-electron chi connectivity index (χ0n) is 9.88. The van der Waals surface area contributed by atoms with Crippen LogP contribution in [0.25, 0.3) is 0 Å². The molecular weight excluding hydrogens is 224 g/mol. The molecule has 1 N–H and O–H groups in total. The Hall–Kier alpha value is -0.810. The number of hydrogen-bond acceptors (Lipinski definition) is 4. The van der Waals surface area contributed by atoms with Gasteiger partial charge in [-0.1, -0.05) is 25.6 Å². The van der Waals surface area contributed by atoms with Gasteiger partial charge in [0.25, 0.3) is 5.56 Å². The van der Waals surface area contributed by atoms with Crippen molar-refractivity contribution in [2.24, 2.45) is 0 Å². The molecule has 2 unspecified atom stereocenters. The third-order valence-corrected chi connectivity index (χ3v) is 3.59. The fourth-order valence-electron chi connectivity index (χ4n) is 1.20. The van der Waals surface area contributed by atoms with Gasteiger partial charge in [-0.05, 0) is 13.3 Å². The molecule has 1 aromatic rings. The van der Waals surface area contributed by atoms with Crippen molar-refractivity contribution in [1.82, 2.24) is 9.55 Å². The highest BCUT2D eigenvalue weighted by Gasteiger charge is 2.14. The Kier molecular flexibility index (Phi) is 5.02. The zero-order chi connectivity index (χ0) is 12.1. The van der Waals surface area contributed by atoms with Crippen LogP contribution in [0.15, 0.2) is 22.2 Å². The van der Waals surface area contributed by atoms with Crippen molar-refractivity contribution >= 4 is 11.8 Å². The number of nitrogens with zero attached hydrogens (tertiary/aromatic N) is 2. The van der Waals surface area contributed by atoms with E-state index in [1.165, 1.54) is 11.8 Å². The Morgan fingerprint density at radius 3 is 2.81 bits per heavy atom. The van der Waals surface area contributed by atoms with Crippen molar-refractivity contribution < 1.29 is 5.11 Å². The molecule has 1 rings (SSSR count). The van der Waals surface area contributed by atoms with Crippen molar-refractivity contribution in [3.05, 3.63) is 22.7 Å². The number of aliphatic hydroxyl groups excluding tert-OH is 1. The predicted octanol–water partition coefficient (Wildman–Crippen LogP) is 1.51. The lowest BCUT2D eigenvalue weighted by Gasteiger charge is -2.13. The average molecular weight is 242 g/mol. The fourth-order valence-corrected chi connectivity index (χ4v) is 2.09. The molecule has 0 saturated heterocycles. The van der Waals surface area contributed by atoms with Gasteiger partial charge in [-0.15, -0.1) is 0 Å². The van der Waals surface area contributed by atoms with Crippen LogP contribution < -0.4 is 5.56 Å². The lowest BCUT2D eigenvalue weighted by Crippen LogP contribution is -2.24. The van der Waals surface area contributed by atoms with E-state index in [4.69, 9.17) is 0 Å². The largest absolute Gasteiger partial charge is 0.392 e. The Morgan fingerprint density at radius 1 is 1.56 bits per heavy atom. The minimum absolute atomic E-state index is 0.0299. The molecule has 0 aromatic carbocycles. The van der Waals surface area contributed by atoms with Crippen LogP contribution in [-0.2, 0) is 6.54 Å². The van der Waals surface area contributed by atoms with Gasteiger partial charge in [-0.3, -0.25) is 4.79 Å². The van der Waals surface area contributed by atoms with Gasteiger partial charge in [-0.25, -0.2) is 4.98 Å². The normalized spacial score (nSPS) is 14.8. The molecule has 5 heteroatoms. The molecule has 0 amide bonds. The second-order valence-corrected chi connectivity index (χ2v) is 5.16. The van der Waals surface area contributed by atoms with Gasteiger partial charge in [-0.2, -0.15) is 0 Å². The van der Waals surface area contributed by atoms with Crippen LogP contribution in [0, 0.1) is 0 Å². The first kappa shape index (κ1) is 13.3. The second kappa shape index (κ2) is 6.06. The highest BCUT2D eigenvalue weighted by Crippen LogP contribution is 2.19. The van der Waals surface area contributed by atoms with Crippen molar-refractivity contribution in [1.29, 1.82) is 0 Å². The SMILES string of the molecule is CCCn1ccnc(SC(C)C(C)O)c1=O. The van der Waals surface area contributed by atoms with Gasteiger partial charge >= 0.3 is 0 Å². The summed E-state index contributed by atoms with van der Waals surface area (Å²) in [5, 5.41) is 9.82. The molecule has 2 atom stereocenters. The van der Waals surface area contributed by atoms with Crippen LogP contribution in [0.4, 0.5) is 0 Å². The number of thioether (sulfide) groups is 1. The van der Waals surface area contributed by atoms with Crippen LogP contribution in [0.5, 0.6) is 0 Å². The maximum atomic E-state index is 11.9. The molecule has 90 valence electrons. The van der Waals surface area contributed by atoms with Gasteiger partial charge in [0, 0.05) is 24.2 Å².